The second-order valence-corrected chi connectivity index (χ2v) is 5.92. The van der Waals surface area contributed by atoms with Gasteiger partial charge in [0.25, 0.3) is 0 Å². The maximum absolute atomic E-state index is 5.19. The summed E-state index contributed by atoms with van der Waals surface area (Å²) in [5.41, 5.74) is 0.849. The molecule has 0 spiro atoms. The number of halogens is 1. The molecule has 0 amide bonds. The van der Waals surface area contributed by atoms with Gasteiger partial charge in [0, 0.05) is 28.0 Å². The molecule has 0 saturated carbocycles. The maximum atomic E-state index is 5.19. The van der Waals surface area contributed by atoms with Crippen LogP contribution in [0.1, 0.15) is 26.7 Å². The van der Waals surface area contributed by atoms with E-state index >= 15 is 0 Å². The van der Waals surface area contributed by atoms with Gasteiger partial charge in [-0.05, 0) is 42.8 Å². The number of nitrogens with one attached hydrogen (secondary N) is 1. The van der Waals surface area contributed by atoms with Crippen molar-refractivity contribution in [2.24, 2.45) is 0 Å². The van der Waals surface area contributed by atoms with Crippen LogP contribution in [0, 0.1) is 0 Å². The number of hydrogen-bond donors (Lipinski definition) is 1. The second-order valence-electron chi connectivity index (χ2n) is 5.01. The average molecular weight is 311 g/mol. The quantitative estimate of drug-likeness (QED) is 0.944. The van der Waals surface area contributed by atoms with Crippen LogP contribution in [0.5, 0.6) is 0 Å². The van der Waals surface area contributed by atoms with Gasteiger partial charge < -0.3 is 9.84 Å². The summed E-state index contributed by atoms with van der Waals surface area (Å²) in [5.74, 6) is 1.12. The molecule has 2 aromatic heterocycles. The normalized spacial score (nSPS) is 11.8. The first-order valence-electron chi connectivity index (χ1n) is 5.62. The third kappa shape index (κ3) is 3.61. The van der Waals surface area contributed by atoms with Gasteiger partial charge in [-0.1, -0.05) is 5.16 Å². The maximum Gasteiger partial charge on any atom is 0.240 e. The predicted octanol–water partition coefficient (Wildman–Crippen LogP) is 2.78. The molecule has 0 bridgehead atoms. The lowest BCUT2D eigenvalue weighted by atomic mass is 10.1. The molecule has 1 N–H and O–H groups in total. The lowest BCUT2D eigenvalue weighted by molar-refractivity contribution is 0.336. The fraction of sp³-hybridized carbons (Fsp3) is 0.417. The van der Waals surface area contributed by atoms with Gasteiger partial charge in [-0.15, -0.1) is 0 Å². The molecule has 0 radical (unpaired) electrons. The summed E-state index contributed by atoms with van der Waals surface area (Å²) in [5, 5.41) is 7.23. The highest BCUT2D eigenvalue weighted by Crippen LogP contribution is 2.18. The summed E-state index contributed by atoms with van der Waals surface area (Å²) in [6, 6.07) is 1.90. The van der Waals surface area contributed by atoms with E-state index in [4.69, 9.17) is 4.52 Å². The summed E-state index contributed by atoms with van der Waals surface area (Å²) in [6.45, 7) is 6.81. The van der Waals surface area contributed by atoms with Gasteiger partial charge in [0.15, 0.2) is 0 Å². The molecule has 0 aliphatic carbocycles. The van der Waals surface area contributed by atoms with Crippen molar-refractivity contribution in [1.82, 2.24) is 20.4 Å². The van der Waals surface area contributed by atoms with Crippen LogP contribution < -0.4 is 5.32 Å². The Bertz CT molecular complexity index is 533. The molecule has 6 heteroatoms. The zero-order chi connectivity index (χ0) is 13.2. The summed E-state index contributed by atoms with van der Waals surface area (Å²) >= 11 is 3.36. The highest BCUT2D eigenvalue weighted by atomic mass is 79.9. The molecule has 2 aromatic rings. The number of aromatic nitrogens is 3. The van der Waals surface area contributed by atoms with Gasteiger partial charge in [-0.25, -0.2) is 0 Å². The van der Waals surface area contributed by atoms with Crippen LogP contribution in [-0.2, 0) is 6.54 Å². The number of nitrogens with zero attached hydrogens (tertiary/aromatic N) is 3. The van der Waals surface area contributed by atoms with Crippen LogP contribution in [0.2, 0.25) is 0 Å². The molecular formula is C12H15BrN4O. The van der Waals surface area contributed by atoms with E-state index in [0.29, 0.717) is 18.3 Å². The van der Waals surface area contributed by atoms with E-state index < -0.39 is 0 Å². The predicted molar refractivity (Wildman–Crippen MR) is 71.8 cm³/mol. The first kappa shape index (κ1) is 13.2. The molecule has 0 fully saturated rings. The zero-order valence-corrected chi connectivity index (χ0v) is 12.2. The van der Waals surface area contributed by atoms with Gasteiger partial charge in [0.05, 0.1) is 6.54 Å². The van der Waals surface area contributed by atoms with Crippen LogP contribution in [0.15, 0.2) is 27.5 Å². The Morgan fingerprint density at radius 2 is 2.11 bits per heavy atom. The monoisotopic (exact) mass is 310 g/mol. The van der Waals surface area contributed by atoms with E-state index in [1.54, 1.807) is 12.4 Å². The van der Waals surface area contributed by atoms with Crippen molar-refractivity contribution in [3.05, 3.63) is 28.8 Å². The topological polar surface area (TPSA) is 63.8 Å². The number of pyridine rings is 1. The fourth-order valence-electron chi connectivity index (χ4n) is 1.32. The van der Waals surface area contributed by atoms with Crippen LogP contribution in [0.25, 0.3) is 11.4 Å². The summed E-state index contributed by atoms with van der Waals surface area (Å²) in [6.07, 6.45) is 3.42. The van der Waals surface area contributed by atoms with Crippen molar-refractivity contribution in [3.8, 4) is 11.4 Å². The first-order valence-corrected chi connectivity index (χ1v) is 6.42. The van der Waals surface area contributed by atoms with Gasteiger partial charge >= 0.3 is 0 Å². The Labute approximate surface area is 114 Å². The van der Waals surface area contributed by atoms with E-state index in [2.05, 4.69) is 57.1 Å². The smallest absolute Gasteiger partial charge is 0.240 e. The molecule has 0 unspecified atom stereocenters. The molecule has 2 rings (SSSR count). The van der Waals surface area contributed by atoms with Gasteiger partial charge in [-0.2, -0.15) is 4.98 Å². The summed E-state index contributed by atoms with van der Waals surface area (Å²) < 4.78 is 6.08. The highest BCUT2D eigenvalue weighted by Gasteiger charge is 2.13. The van der Waals surface area contributed by atoms with E-state index in [9.17, 15) is 0 Å². The average Bonchev–Trinajstić information content (AvgIpc) is 2.74. The lowest BCUT2D eigenvalue weighted by Gasteiger charge is -2.18. The minimum Gasteiger partial charge on any atom is -0.338 e. The van der Waals surface area contributed by atoms with Crippen molar-refractivity contribution in [1.29, 1.82) is 0 Å². The standard InChI is InChI=1S/C12H15BrN4O/c1-12(2,3)15-7-10-16-11(17-18-10)8-4-9(13)6-14-5-8/h4-6,15H,7H2,1-3H3. The van der Waals surface area contributed by atoms with Crippen molar-refractivity contribution < 1.29 is 4.52 Å². The molecule has 0 atom stereocenters. The van der Waals surface area contributed by atoms with Gasteiger partial charge in [0.1, 0.15) is 0 Å². The first-order chi connectivity index (χ1) is 8.44. The number of rotatable bonds is 3. The highest BCUT2D eigenvalue weighted by molar-refractivity contribution is 9.10. The molecular weight excluding hydrogens is 296 g/mol. The Morgan fingerprint density at radius 1 is 1.33 bits per heavy atom. The largest absolute Gasteiger partial charge is 0.338 e. The van der Waals surface area contributed by atoms with Crippen molar-refractivity contribution in [2.75, 3.05) is 0 Å². The Morgan fingerprint density at radius 3 is 2.78 bits per heavy atom. The Hall–Kier alpha value is -1.27. The molecule has 0 saturated heterocycles. The molecule has 0 aliphatic rings. The minimum absolute atomic E-state index is 0.0198. The van der Waals surface area contributed by atoms with E-state index in [1.165, 1.54) is 0 Å². The number of hydrogen-bond acceptors (Lipinski definition) is 5. The molecule has 18 heavy (non-hydrogen) atoms. The third-order valence-corrected chi connectivity index (χ3v) is 2.63. The molecule has 5 nitrogen and oxygen atoms in total. The second kappa shape index (κ2) is 5.16. The van der Waals surface area contributed by atoms with Crippen molar-refractivity contribution in [3.63, 3.8) is 0 Å². The lowest BCUT2D eigenvalue weighted by Crippen LogP contribution is -2.35. The van der Waals surface area contributed by atoms with Crippen LogP contribution in [0.4, 0.5) is 0 Å². The van der Waals surface area contributed by atoms with E-state index in [1.807, 2.05) is 6.07 Å². The van der Waals surface area contributed by atoms with Gasteiger partial charge in [0.2, 0.25) is 11.7 Å². The minimum atomic E-state index is 0.0198. The fourth-order valence-corrected chi connectivity index (χ4v) is 1.68. The summed E-state index contributed by atoms with van der Waals surface area (Å²) in [7, 11) is 0. The Balaban J connectivity index is 2.11. The van der Waals surface area contributed by atoms with Crippen molar-refractivity contribution >= 4 is 15.9 Å². The van der Waals surface area contributed by atoms with E-state index in [0.717, 1.165) is 10.0 Å². The van der Waals surface area contributed by atoms with Crippen LogP contribution >= 0.6 is 15.9 Å². The van der Waals surface area contributed by atoms with Crippen LogP contribution in [0.3, 0.4) is 0 Å². The van der Waals surface area contributed by atoms with Crippen LogP contribution in [-0.4, -0.2) is 20.7 Å². The molecule has 96 valence electrons. The summed E-state index contributed by atoms with van der Waals surface area (Å²) in [4.78, 5) is 8.39. The van der Waals surface area contributed by atoms with E-state index in [-0.39, 0.29) is 5.54 Å². The SMILES string of the molecule is CC(C)(C)NCc1nc(-c2cncc(Br)c2)no1. The van der Waals surface area contributed by atoms with Crippen molar-refractivity contribution in [2.45, 2.75) is 32.9 Å². The third-order valence-electron chi connectivity index (χ3n) is 2.20. The zero-order valence-electron chi connectivity index (χ0n) is 10.6. The van der Waals surface area contributed by atoms with Gasteiger partial charge in [-0.3, -0.25) is 4.98 Å². The Kier molecular flexibility index (Phi) is 3.77. The molecule has 2 heterocycles. The molecule has 0 aliphatic heterocycles. The molecule has 0 aromatic carbocycles.